The molecule has 3 aromatic rings. The van der Waals surface area contributed by atoms with Crippen LogP contribution in [0, 0.1) is 6.92 Å². The Balaban J connectivity index is 1.85. The monoisotopic (exact) mass is 256 g/mol. The van der Waals surface area contributed by atoms with Gasteiger partial charge in [0, 0.05) is 6.20 Å². The fraction of sp³-hybridized carbons (Fsp3) is 0.154. The fourth-order valence-electron chi connectivity index (χ4n) is 1.80. The first kappa shape index (κ1) is 11.1. The molecule has 0 aromatic carbocycles. The first-order valence-corrected chi connectivity index (χ1v) is 6.55. The van der Waals surface area contributed by atoms with Crippen LogP contribution in [0.3, 0.4) is 0 Å². The van der Waals surface area contributed by atoms with Crippen LogP contribution in [-0.4, -0.2) is 15.0 Å². The molecule has 3 heterocycles. The summed E-state index contributed by atoms with van der Waals surface area (Å²) < 4.78 is 0. The topological polar surface area (TPSA) is 50.7 Å². The number of fused-ring (bicyclic) bond motifs is 1. The van der Waals surface area contributed by atoms with Gasteiger partial charge >= 0.3 is 0 Å². The molecule has 0 radical (unpaired) electrons. The molecule has 18 heavy (non-hydrogen) atoms. The molecule has 5 heteroatoms. The van der Waals surface area contributed by atoms with Gasteiger partial charge in [0.25, 0.3) is 0 Å². The minimum absolute atomic E-state index is 0.675. The van der Waals surface area contributed by atoms with Crippen molar-refractivity contribution in [2.75, 3.05) is 5.32 Å². The second-order valence-electron chi connectivity index (χ2n) is 3.98. The Morgan fingerprint density at radius 2 is 2.17 bits per heavy atom. The van der Waals surface area contributed by atoms with Gasteiger partial charge in [0.05, 0.1) is 17.6 Å². The van der Waals surface area contributed by atoms with E-state index in [1.165, 1.54) is 5.56 Å². The lowest BCUT2D eigenvalue weighted by atomic mass is 10.2. The van der Waals surface area contributed by atoms with E-state index in [4.69, 9.17) is 0 Å². The molecular weight excluding hydrogens is 244 g/mol. The van der Waals surface area contributed by atoms with Crippen LogP contribution in [-0.2, 0) is 6.54 Å². The lowest BCUT2D eigenvalue weighted by Gasteiger charge is -2.07. The number of hydrogen-bond acceptors (Lipinski definition) is 5. The molecule has 0 unspecified atom stereocenters. The summed E-state index contributed by atoms with van der Waals surface area (Å²) in [4.78, 5) is 13.9. The van der Waals surface area contributed by atoms with E-state index in [2.05, 4.69) is 33.3 Å². The maximum absolute atomic E-state index is 4.36. The van der Waals surface area contributed by atoms with Crippen LogP contribution in [0.2, 0.25) is 0 Å². The van der Waals surface area contributed by atoms with Crippen LogP contribution >= 0.6 is 11.3 Å². The molecule has 0 saturated heterocycles. The number of rotatable bonds is 3. The number of thiophene rings is 1. The van der Waals surface area contributed by atoms with Gasteiger partial charge in [-0.05, 0) is 30.0 Å². The third-order valence-electron chi connectivity index (χ3n) is 2.80. The molecule has 3 aromatic heterocycles. The summed E-state index contributed by atoms with van der Waals surface area (Å²) in [6.07, 6.45) is 3.40. The van der Waals surface area contributed by atoms with Gasteiger partial charge in [-0.25, -0.2) is 9.97 Å². The van der Waals surface area contributed by atoms with E-state index in [1.54, 1.807) is 17.7 Å². The third-order valence-corrected chi connectivity index (χ3v) is 3.62. The number of aryl methyl sites for hydroxylation is 1. The highest BCUT2D eigenvalue weighted by molar-refractivity contribution is 7.16. The molecule has 0 atom stereocenters. The lowest BCUT2D eigenvalue weighted by Crippen LogP contribution is -2.05. The third kappa shape index (κ3) is 2.04. The Bertz CT molecular complexity index is 677. The molecule has 0 fully saturated rings. The second kappa shape index (κ2) is 4.70. The predicted octanol–water partition coefficient (Wildman–Crippen LogP) is 3.01. The standard InChI is InChI=1S/C13H12N4S/c1-9-3-2-5-14-11(9)7-15-12-10-4-6-18-13(10)17-8-16-12/h2-6,8H,7H2,1H3,(H,15,16,17). The molecule has 4 nitrogen and oxygen atoms in total. The Kier molecular flexibility index (Phi) is 2.90. The van der Waals surface area contributed by atoms with Gasteiger partial charge in [0.15, 0.2) is 0 Å². The molecule has 0 aliphatic carbocycles. The molecule has 1 N–H and O–H groups in total. The zero-order valence-corrected chi connectivity index (χ0v) is 10.7. The minimum atomic E-state index is 0.675. The average Bonchev–Trinajstić information content (AvgIpc) is 2.86. The van der Waals surface area contributed by atoms with Gasteiger partial charge in [-0.15, -0.1) is 11.3 Å². The van der Waals surface area contributed by atoms with Gasteiger partial charge in [-0.3, -0.25) is 4.98 Å². The highest BCUT2D eigenvalue weighted by atomic mass is 32.1. The van der Waals surface area contributed by atoms with Gasteiger partial charge < -0.3 is 5.32 Å². The largest absolute Gasteiger partial charge is 0.364 e. The van der Waals surface area contributed by atoms with Crippen molar-refractivity contribution >= 4 is 27.4 Å². The van der Waals surface area contributed by atoms with Crippen molar-refractivity contribution in [1.29, 1.82) is 0 Å². The summed E-state index contributed by atoms with van der Waals surface area (Å²) in [6, 6.07) is 6.04. The summed E-state index contributed by atoms with van der Waals surface area (Å²) in [5, 5.41) is 6.41. The molecule has 0 spiro atoms. The lowest BCUT2D eigenvalue weighted by molar-refractivity contribution is 1.01. The summed E-state index contributed by atoms with van der Waals surface area (Å²) in [5.41, 5.74) is 2.22. The first-order valence-electron chi connectivity index (χ1n) is 5.67. The quantitative estimate of drug-likeness (QED) is 0.782. The zero-order chi connectivity index (χ0) is 12.4. The highest BCUT2D eigenvalue weighted by Crippen LogP contribution is 2.24. The first-order chi connectivity index (χ1) is 8.84. The second-order valence-corrected chi connectivity index (χ2v) is 4.88. The van der Waals surface area contributed by atoms with Crippen LogP contribution in [0.15, 0.2) is 36.1 Å². The summed E-state index contributed by atoms with van der Waals surface area (Å²) in [5.74, 6) is 0.867. The van der Waals surface area contributed by atoms with E-state index in [1.807, 2.05) is 23.7 Å². The molecule has 0 bridgehead atoms. The van der Waals surface area contributed by atoms with Crippen LogP contribution in [0.4, 0.5) is 5.82 Å². The van der Waals surface area contributed by atoms with E-state index in [9.17, 15) is 0 Å². The maximum Gasteiger partial charge on any atom is 0.138 e. The van der Waals surface area contributed by atoms with Gasteiger partial charge in [0.1, 0.15) is 17.0 Å². The highest BCUT2D eigenvalue weighted by Gasteiger charge is 2.05. The SMILES string of the molecule is Cc1cccnc1CNc1ncnc2sccc12. The zero-order valence-electron chi connectivity index (χ0n) is 9.92. The van der Waals surface area contributed by atoms with Gasteiger partial charge in [0.2, 0.25) is 0 Å². The number of anilines is 1. The smallest absolute Gasteiger partial charge is 0.138 e. The summed E-state index contributed by atoms with van der Waals surface area (Å²) >= 11 is 1.62. The Morgan fingerprint density at radius 3 is 3.06 bits per heavy atom. The maximum atomic E-state index is 4.36. The van der Waals surface area contributed by atoms with E-state index < -0.39 is 0 Å². The summed E-state index contributed by atoms with van der Waals surface area (Å²) in [7, 11) is 0. The van der Waals surface area contributed by atoms with Crippen molar-refractivity contribution in [3.05, 3.63) is 47.4 Å². The average molecular weight is 256 g/mol. The molecule has 0 saturated carbocycles. The van der Waals surface area contributed by atoms with Crippen molar-refractivity contribution in [2.24, 2.45) is 0 Å². The molecule has 3 rings (SSSR count). The Morgan fingerprint density at radius 1 is 1.22 bits per heavy atom. The van der Waals surface area contributed by atoms with E-state index >= 15 is 0 Å². The van der Waals surface area contributed by atoms with E-state index in [-0.39, 0.29) is 0 Å². The van der Waals surface area contributed by atoms with E-state index in [0.29, 0.717) is 6.54 Å². The molecule has 90 valence electrons. The molecule has 0 amide bonds. The van der Waals surface area contributed by atoms with Crippen LogP contribution in [0.5, 0.6) is 0 Å². The summed E-state index contributed by atoms with van der Waals surface area (Å²) in [6.45, 7) is 2.73. The normalized spacial score (nSPS) is 10.7. The molecular formula is C13H12N4S. The van der Waals surface area contributed by atoms with Crippen LogP contribution in [0.25, 0.3) is 10.2 Å². The number of nitrogens with zero attached hydrogens (tertiary/aromatic N) is 3. The number of hydrogen-bond donors (Lipinski definition) is 1. The van der Waals surface area contributed by atoms with Crippen LogP contribution in [0.1, 0.15) is 11.3 Å². The number of aromatic nitrogens is 3. The number of nitrogens with one attached hydrogen (secondary N) is 1. The fourth-order valence-corrected chi connectivity index (χ4v) is 2.53. The van der Waals surface area contributed by atoms with Gasteiger partial charge in [-0.2, -0.15) is 0 Å². The predicted molar refractivity (Wildman–Crippen MR) is 73.7 cm³/mol. The van der Waals surface area contributed by atoms with Crippen molar-refractivity contribution in [1.82, 2.24) is 15.0 Å². The Labute approximate surface area is 109 Å². The van der Waals surface area contributed by atoms with Crippen molar-refractivity contribution < 1.29 is 0 Å². The van der Waals surface area contributed by atoms with Crippen molar-refractivity contribution in [3.63, 3.8) is 0 Å². The molecule has 0 aliphatic heterocycles. The van der Waals surface area contributed by atoms with Crippen molar-refractivity contribution in [3.8, 4) is 0 Å². The number of pyridine rings is 1. The Hall–Kier alpha value is -2.01. The van der Waals surface area contributed by atoms with Crippen molar-refractivity contribution in [2.45, 2.75) is 13.5 Å². The van der Waals surface area contributed by atoms with E-state index in [0.717, 1.165) is 21.7 Å². The minimum Gasteiger partial charge on any atom is -0.364 e. The van der Waals surface area contributed by atoms with Gasteiger partial charge in [-0.1, -0.05) is 6.07 Å². The molecule has 0 aliphatic rings. The van der Waals surface area contributed by atoms with Crippen LogP contribution < -0.4 is 5.32 Å².